The van der Waals surface area contributed by atoms with Gasteiger partial charge in [-0.05, 0) is 49.9 Å². The van der Waals surface area contributed by atoms with E-state index in [1.54, 1.807) is 19.9 Å². The molecule has 2 aliphatic heterocycles. The Morgan fingerprint density at radius 1 is 1.36 bits per heavy atom. The fraction of sp³-hybridized carbons (Fsp3) is 0.227. The minimum atomic E-state index is -4.50. The summed E-state index contributed by atoms with van der Waals surface area (Å²) in [6, 6.07) is 8.90. The lowest BCUT2D eigenvalue weighted by Gasteiger charge is -2.33. The Bertz CT molecular complexity index is 1270. The van der Waals surface area contributed by atoms with E-state index in [4.69, 9.17) is 14.9 Å². The Labute approximate surface area is 191 Å². The number of nitriles is 1. The van der Waals surface area contributed by atoms with Gasteiger partial charge >= 0.3 is 12.1 Å². The third kappa shape index (κ3) is 3.98. The number of rotatable bonds is 4. The number of hydrogen-bond donors (Lipinski definition) is 1. The molecule has 0 unspecified atom stereocenters. The van der Waals surface area contributed by atoms with Crippen molar-refractivity contribution in [3.63, 3.8) is 0 Å². The molecule has 2 aromatic rings. The van der Waals surface area contributed by atoms with Gasteiger partial charge in [-0.25, -0.2) is 9.79 Å². The van der Waals surface area contributed by atoms with E-state index in [0.29, 0.717) is 10.9 Å². The highest BCUT2D eigenvalue weighted by Crippen LogP contribution is 2.46. The van der Waals surface area contributed by atoms with Crippen molar-refractivity contribution in [2.24, 2.45) is 10.7 Å². The molecular weight excluding hydrogens is 457 g/mol. The van der Waals surface area contributed by atoms with Crippen LogP contribution in [0.5, 0.6) is 0 Å². The number of allylic oxidation sites excluding steroid dienone is 2. The molecule has 0 saturated heterocycles. The van der Waals surface area contributed by atoms with Crippen LogP contribution in [-0.2, 0) is 15.7 Å². The first-order valence-corrected chi connectivity index (χ1v) is 10.6. The number of nitrogens with zero attached hydrogens (tertiary/aromatic N) is 3. The number of carbonyl (C=O) groups excluding carboxylic acids is 1. The lowest BCUT2D eigenvalue weighted by molar-refractivity contribution is -0.139. The molecule has 0 radical (unpaired) electrons. The predicted octanol–water partition coefficient (Wildman–Crippen LogP) is 4.91. The second-order valence-electron chi connectivity index (χ2n) is 7.10. The first kappa shape index (κ1) is 22.5. The lowest BCUT2D eigenvalue weighted by Crippen LogP contribution is -2.38. The molecule has 3 heterocycles. The van der Waals surface area contributed by atoms with Crippen molar-refractivity contribution in [2.75, 3.05) is 6.61 Å². The number of aliphatic imine (C=N–C) groups is 1. The van der Waals surface area contributed by atoms with Crippen LogP contribution in [0.15, 0.2) is 67.8 Å². The number of esters is 1. The second kappa shape index (κ2) is 8.37. The molecule has 11 heteroatoms. The molecule has 4 rings (SSSR count). The number of alkyl halides is 3. The van der Waals surface area contributed by atoms with Crippen molar-refractivity contribution in [1.29, 1.82) is 5.26 Å². The Hall–Kier alpha value is -3.65. The van der Waals surface area contributed by atoms with Gasteiger partial charge in [0.15, 0.2) is 5.17 Å². The predicted molar refractivity (Wildman–Crippen MR) is 115 cm³/mol. The Kier molecular flexibility index (Phi) is 5.71. The van der Waals surface area contributed by atoms with Gasteiger partial charge in [0, 0.05) is 5.56 Å². The maximum Gasteiger partial charge on any atom is 0.416 e. The number of thioether (sulfide) groups is 1. The zero-order chi connectivity index (χ0) is 23.9. The van der Waals surface area contributed by atoms with Crippen LogP contribution in [0.1, 0.15) is 31.2 Å². The smallest absolute Gasteiger partial charge is 0.416 e. The van der Waals surface area contributed by atoms with Gasteiger partial charge in [-0.2, -0.15) is 18.4 Å². The van der Waals surface area contributed by atoms with E-state index in [2.05, 4.69) is 4.99 Å². The minimum absolute atomic E-state index is 0.0950. The van der Waals surface area contributed by atoms with Gasteiger partial charge in [0.1, 0.15) is 34.4 Å². The molecule has 0 aliphatic carbocycles. The molecule has 7 nitrogen and oxygen atoms in total. The molecule has 1 aromatic heterocycles. The van der Waals surface area contributed by atoms with E-state index in [9.17, 15) is 23.2 Å². The van der Waals surface area contributed by atoms with Crippen LogP contribution in [0, 0.1) is 11.3 Å². The molecule has 0 bridgehead atoms. The molecule has 2 aliphatic rings. The first-order chi connectivity index (χ1) is 15.7. The number of carbonyl (C=O) groups is 1. The first-order valence-electron chi connectivity index (χ1n) is 9.76. The zero-order valence-electron chi connectivity index (χ0n) is 17.4. The third-order valence-electron chi connectivity index (χ3n) is 5.04. The monoisotopic (exact) mass is 474 g/mol. The van der Waals surface area contributed by atoms with E-state index in [-0.39, 0.29) is 40.0 Å². The quantitative estimate of drug-likeness (QED) is 0.628. The van der Waals surface area contributed by atoms with Crippen molar-refractivity contribution >= 4 is 22.9 Å². The summed E-state index contributed by atoms with van der Waals surface area (Å²) < 4.78 is 50.6. The summed E-state index contributed by atoms with van der Waals surface area (Å²) in [6.45, 7) is 3.41. The largest absolute Gasteiger partial charge is 0.463 e. The molecule has 0 fully saturated rings. The van der Waals surface area contributed by atoms with Crippen molar-refractivity contribution in [3.8, 4) is 17.4 Å². The average Bonchev–Trinajstić information content (AvgIpc) is 3.37. The van der Waals surface area contributed by atoms with Gasteiger partial charge in [-0.1, -0.05) is 12.1 Å². The summed E-state index contributed by atoms with van der Waals surface area (Å²) in [5, 5.41) is 9.78. The van der Waals surface area contributed by atoms with E-state index >= 15 is 0 Å². The van der Waals surface area contributed by atoms with Gasteiger partial charge in [-0.15, -0.1) is 0 Å². The van der Waals surface area contributed by atoms with E-state index in [1.807, 2.05) is 6.07 Å². The number of benzene rings is 1. The molecule has 0 spiro atoms. The lowest BCUT2D eigenvalue weighted by atomic mass is 10.00. The normalized spacial score (nSPS) is 18.2. The summed E-state index contributed by atoms with van der Waals surface area (Å²) in [7, 11) is 0. The highest BCUT2D eigenvalue weighted by Gasteiger charge is 2.44. The Morgan fingerprint density at radius 3 is 2.79 bits per heavy atom. The highest BCUT2D eigenvalue weighted by atomic mass is 32.2. The molecule has 170 valence electrons. The fourth-order valence-electron chi connectivity index (χ4n) is 3.58. The van der Waals surface area contributed by atoms with Crippen molar-refractivity contribution in [3.05, 3.63) is 69.7 Å². The standard InChI is InChI=1S/C22H17F3N4O3S/c1-3-31-20(30)17-11(2)28-21-29(19(27)16(10-26)33-21)18(17)15-8-7-14(32-15)12-5-4-6-13(9-12)22(23,24)25/h4-9,18H,3,27H2,1-2H3/t18-/m0/s1. The van der Waals surface area contributed by atoms with Gasteiger partial charge in [0.2, 0.25) is 0 Å². The highest BCUT2D eigenvalue weighted by molar-refractivity contribution is 8.17. The number of ether oxygens (including phenoxy) is 1. The number of halogens is 3. The van der Waals surface area contributed by atoms with E-state index < -0.39 is 23.8 Å². The number of nitrogens with two attached hydrogens (primary N) is 1. The van der Waals surface area contributed by atoms with Crippen molar-refractivity contribution in [1.82, 2.24) is 4.90 Å². The minimum Gasteiger partial charge on any atom is -0.463 e. The summed E-state index contributed by atoms with van der Waals surface area (Å²) >= 11 is 1.06. The number of fused-ring (bicyclic) bond motifs is 1. The molecule has 33 heavy (non-hydrogen) atoms. The summed E-state index contributed by atoms with van der Waals surface area (Å²) in [4.78, 5) is 18.9. The molecule has 1 aromatic carbocycles. The van der Waals surface area contributed by atoms with E-state index in [1.165, 1.54) is 23.1 Å². The zero-order valence-corrected chi connectivity index (χ0v) is 18.3. The van der Waals surface area contributed by atoms with Gasteiger partial charge in [0.25, 0.3) is 0 Å². The Morgan fingerprint density at radius 2 is 2.12 bits per heavy atom. The van der Waals surface area contributed by atoms with Crippen LogP contribution in [0.4, 0.5) is 13.2 Å². The molecule has 1 atom stereocenters. The average molecular weight is 474 g/mol. The van der Waals surface area contributed by atoms with Crippen LogP contribution < -0.4 is 5.73 Å². The summed E-state index contributed by atoms with van der Waals surface area (Å²) in [6.07, 6.45) is -4.50. The van der Waals surface area contributed by atoms with Crippen LogP contribution in [0.3, 0.4) is 0 Å². The van der Waals surface area contributed by atoms with Crippen LogP contribution in [0.2, 0.25) is 0 Å². The molecule has 0 saturated carbocycles. The second-order valence-corrected chi connectivity index (χ2v) is 8.07. The van der Waals surface area contributed by atoms with Gasteiger partial charge in [0.05, 0.1) is 23.4 Å². The molecular formula is C22H17F3N4O3S. The fourth-order valence-corrected chi connectivity index (χ4v) is 4.50. The number of hydrogen-bond acceptors (Lipinski definition) is 8. The number of amidine groups is 1. The Balaban J connectivity index is 1.82. The van der Waals surface area contributed by atoms with Crippen molar-refractivity contribution in [2.45, 2.75) is 26.1 Å². The summed E-state index contributed by atoms with van der Waals surface area (Å²) in [5.74, 6) is -0.128. The van der Waals surface area contributed by atoms with E-state index in [0.717, 1.165) is 23.9 Å². The molecule has 2 N–H and O–H groups in total. The third-order valence-corrected chi connectivity index (χ3v) is 6.02. The van der Waals surface area contributed by atoms with Gasteiger partial charge in [-0.3, -0.25) is 4.90 Å². The maximum absolute atomic E-state index is 13.1. The molecule has 0 amide bonds. The number of furan rings is 1. The van der Waals surface area contributed by atoms with Crippen molar-refractivity contribution < 1.29 is 27.1 Å². The summed E-state index contributed by atoms with van der Waals surface area (Å²) in [5.41, 5.74) is 6.11. The SMILES string of the molecule is CCOC(=O)C1=C(C)N=C2SC(C#N)=C(N)N2[C@H]1c1ccc(-c2cccc(C(F)(F)F)c2)o1. The van der Waals surface area contributed by atoms with Gasteiger partial charge < -0.3 is 14.9 Å². The van der Waals surface area contributed by atoms with Crippen LogP contribution in [0.25, 0.3) is 11.3 Å². The van der Waals surface area contributed by atoms with Crippen LogP contribution >= 0.6 is 11.8 Å². The maximum atomic E-state index is 13.1. The topological polar surface area (TPSA) is 105 Å². The van der Waals surface area contributed by atoms with Crippen LogP contribution in [-0.4, -0.2) is 22.6 Å².